The Morgan fingerprint density at radius 2 is 2.10 bits per heavy atom. The third-order valence-corrected chi connectivity index (χ3v) is 3.03. The van der Waals surface area contributed by atoms with Gasteiger partial charge in [-0.3, -0.25) is 4.98 Å². The first-order valence-electron chi connectivity index (χ1n) is 6.63. The van der Waals surface area contributed by atoms with Gasteiger partial charge in [0.1, 0.15) is 6.07 Å². The smallest absolute Gasteiger partial charge is 0.101 e. The van der Waals surface area contributed by atoms with Crippen LogP contribution >= 0.6 is 0 Å². The van der Waals surface area contributed by atoms with Crippen LogP contribution in [0.5, 0.6) is 0 Å². The molecule has 0 amide bonds. The average molecular weight is 266 g/mol. The van der Waals surface area contributed by atoms with Crippen LogP contribution in [0.15, 0.2) is 42.6 Å². The summed E-state index contributed by atoms with van der Waals surface area (Å²) < 4.78 is 0. The standard InChI is InChI=1S/C16H18N4/c1-3-18-14-8-9-19-15(10-14)12-20(2)16-7-5-4-6-13(16)11-17/h4-10H,3,12H2,1-2H3,(H,18,19). The van der Waals surface area contributed by atoms with E-state index >= 15 is 0 Å². The van der Waals surface area contributed by atoms with E-state index in [4.69, 9.17) is 5.26 Å². The average Bonchev–Trinajstić information content (AvgIpc) is 2.48. The van der Waals surface area contributed by atoms with E-state index in [2.05, 4.69) is 23.3 Å². The second-order valence-corrected chi connectivity index (χ2v) is 4.55. The molecule has 0 bridgehead atoms. The molecule has 4 nitrogen and oxygen atoms in total. The van der Waals surface area contributed by atoms with Gasteiger partial charge >= 0.3 is 0 Å². The minimum atomic E-state index is 0.665. The molecule has 1 heterocycles. The van der Waals surface area contributed by atoms with E-state index < -0.39 is 0 Å². The Morgan fingerprint density at radius 1 is 1.30 bits per heavy atom. The molecule has 0 saturated heterocycles. The number of aromatic nitrogens is 1. The van der Waals surface area contributed by atoms with Crippen molar-refractivity contribution in [1.29, 1.82) is 5.26 Å². The number of benzene rings is 1. The Balaban J connectivity index is 2.17. The molecule has 20 heavy (non-hydrogen) atoms. The van der Waals surface area contributed by atoms with E-state index in [0.29, 0.717) is 12.1 Å². The molecule has 0 atom stereocenters. The first-order valence-corrected chi connectivity index (χ1v) is 6.63. The first kappa shape index (κ1) is 13.9. The zero-order valence-electron chi connectivity index (χ0n) is 11.8. The topological polar surface area (TPSA) is 52.0 Å². The zero-order valence-corrected chi connectivity index (χ0v) is 11.8. The summed E-state index contributed by atoms with van der Waals surface area (Å²) >= 11 is 0. The van der Waals surface area contributed by atoms with Gasteiger partial charge in [-0.05, 0) is 31.2 Å². The molecular weight excluding hydrogens is 248 g/mol. The van der Waals surface area contributed by atoms with E-state index in [0.717, 1.165) is 23.6 Å². The Kier molecular flexibility index (Phi) is 4.56. The third-order valence-electron chi connectivity index (χ3n) is 3.03. The summed E-state index contributed by atoms with van der Waals surface area (Å²) in [4.78, 5) is 6.42. The minimum absolute atomic E-state index is 0.665. The molecule has 0 unspecified atom stereocenters. The van der Waals surface area contributed by atoms with Crippen molar-refractivity contribution < 1.29 is 0 Å². The summed E-state index contributed by atoms with van der Waals surface area (Å²) in [6, 6.07) is 13.8. The predicted molar refractivity (Wildman–Crippen MR) is 81.7 cm³/mol. The fourth-order valence-electron chi connectivity index (χ4n) is 2.11. The van der Waals surface area contributed by atoms with Crippen molar-refractivity contribution in [3.05, 3.63) is 53.9 Å². The maximum absolute atomic E-state index is 9.15. The molecule has 2 aromatic rings. The predicted octanol–water partition coefficient (Wildman–Crippen LogP) is 3.02. The van der Waals surface area contributed by atoms with Gasteiger partial charge in [-0.1, -0.05) is 12.1 Å². The molecule has 102 valence electrons. The Bertz CT molecular complexity index is 616. The number of nitrogens with zero attached hydrogens (tertiary/aromatic N) is 3. The van der Waals surface area contributed by atoms with Crippen molar-refractivity contribution in [3.63, 3.8) is 0 Å². The van der Waals surface area contributed by atoms with E-state index in [1.54, 1.807) is 6.20 Å². The lowest BCUT2D eigenvalue weighted by Gasteiger charge is -2.20. The lowest BCUT2D eigenvalue weighted by Crippen LogP contribution is -2.18. The molecule has 1 aromatic carbocycles. The van der Waals surface area contributed by atoms with Crippen molar-refractivity contribution in [2.75, 3.05) is 23.8 Å². The van der Waals surface area contributed by atoms with Crippen LogP contribution in [-0.2, 0) is 6.54 Å². The second kappa shape index (κ2) is 6.58. The maximum atomic E-state index is 9.15. The van der Waals surface area contributed by atoms with Crippen LogP contribution in [0, 0.1) is 11.3 Å². The van der Waals surface area contributed by atoms with Crippen LogP contribution in [0.3, 0.4) is 0 Å². The highest BCUT2D eigenvalue weighted by Crippen LogP contribution is 2.20. The second-order valence-electron chi connectivity index (χ2n) is 4.55. The van der Waals surface area contributed by atoms with Gasteiger partial charge in [0, 0.05) is 25.5 Å². The molecule has 1 N–H and O–H groups in total. The molecule has 0 saturated carbocycles. The summed E-state index contributed by atoms with van der Waals surface area (Å²) in [5, 5.41) is 12.4. The molecule has 0 fully saturated rings. The fraction of sp³-hybridized carbons (Fsp3) is 0.250. The number of nitriles is 1. The SMILES string of the molecule is CCNc1ccnc(CN(C)c2ccccc2C#N)c1. The lowest BCUT2D eigenvalue weighted by molar-refractivity contribution is 0.883. The van der Waals surface area contributed by atoms with Crippen molar-refractivity contribution in [3.8, 4) is 6.07 Å². The monoisotopic (exact) mass is 266 g/mol. The number of para-hydroxylation sites is 1. The largest absolute Gasteiger partial charge is 0.385 e. The molecule has 1 aromatic heterocycles. The highest BCUT2D eigenvalue weighted by atomic mass is 15.1. The van der Waals surface area contributed by atoms with Crippen LogP contribution in [0.2, 0.25) is 0 Å². The van der Waals surface area contributed by atoms with Crippen LogP contribution in [0.1, 0.15) is 18.2 Å². The Morgan fingerprint density at radius 3 is 2.85 bits per heavy atom. The Hall–Kier alpha value is -2.54. The molecule has 0 spiro atoms. The summed E-state index contributed by atoms with van der Waals surface area (Å²) in [7, 11) is 1.97. The first-order chi connectivity index (χ1) is 9.74. The number of pyridine rings is 1. The van der Waals surface area contributed by atoms with Crippen LogP contribution in [0.4, 0.5) is 11.4 Å². The normalized spacial score (nSPS) is 9.85. The van der Waals surface area contributed by atoms with Gasteiger partial charge in [-0.15, -0.1) is 0 Å². The number of nitrogens with one attached hydrogen (secondary N) is 1. The lowest BCUT2D eigenvalue weighted by atomic mass is 10.1. The molecule has 0 aliphatic rings. The fourth-order valence-corrected chi connectivity index (χ4v) is 2.11. The third kappa shape index (κ3) is 3.27. The van der Waals surface area contributed by atoms with Gasteiger partial charge in [0.05, 0.1) is 23.5 Å². The van der Waals surface area contributed by atoms with Crippen molar-refractivity contribution in [1.82, 2.24) is 4.98 Å². The van der Waals surface area contributed by atoms with Gasteiger partial charge in [-0.25, -0.2) is 0 Å². The Labute approximate surface area is 119 Å². The highest BCUT2D eigenvalue weighted by molar-refractivity contribution is 5.59. The maximum Gasteiger partial charge on any atom is 0.101 e. The zero-order chi connectivity index (χ0) is 14.4. The number of hydrogen-bond acceptors (Lipinski definition) is 4. The highest BCUT2D eigenvalue weighted by Gasteiger charge is 2.08. The molecule has 0 radical (unpaired) electrons. The minimum Gasteiger partial charge on any atom is -0.385 e. The van der Waals surface area contributed by atoms with Crippen LogP contribution in [-0.4, -0.2) is 18.6 Å². The van der Waals surface area contributed by atoms with Crippen molar-refractivity contribution in [2.45, 2.75) is 13.5 Å². The van der Waals surface area contributed by atoms with Gasteiger partial charge < -0.3 is 10.2 Å². The van der Waals surface area contributed by atoms with Gasteiger partial charge in [0.15, 0.2) is 0 Å². The summed E-state index contributed by atoms with van der Waals surface area (Å²) in [6.45, 7) is 3.61. The molecule has 2 rings (SSSR count). The number of rotatable bonds is 5. The summed E-state index contributed by atoms with van der Waals surface area (Å²) in [5.74, 6) is 0. The van der Waals surface area contributed by atoms with E-state index in [9.17, 15) is 0 Å². The van der Waals surface area contributed by atoms with E-state index in [-0.39, 0.29) is 0 Å². The van der Waals surface area contributed by atoms with Crippen LogP contribution in [0.25, 0.3) is 0 Å². The molecule has 0 aliphatic carbocycles. The number of anilines is 2. The summed E-state index contributed by atoms with van der Waals surface area (Å²) in [5.41, 5.74) is 3.64. The van der Waals surface area contributed by atoms with Crippen molar-refractivity contribution in [2.24, 2.45) is 0 Å². The van der Waals surface area contributed by atoms with E-state index in [1.807, 2.05) is 48.3 Å². The van der Waals surface area contributed by atoms with E-state index in [1.165, 1.54) is 0 Å². The molecule has 0 aliphatic heterocycles. The van der Waals surface area contributed by atoms with Gasteiger partial charge in [0.25, 0.3) is 0 Å². The molecule has 4 heteroatoms. The van der Waals surface area contributed by atoms with Crippen molar-refractivity contribution >= 4 is 11.4 Å². The number of hydrogen-bond donors (Lipinski definition) is 1. The van der Waals surface area contributed by atoms with Gasteiger partial charge in [0.2, 0.25) is 0 Å². The quantitative estimate of drug-likeness (QED) is 0.903. The summed E-state index contributed by atoms with van der Waals surface area (Å²) in [6.07, 6.45) is 1.80. The van der Waals surface area contributed by atoms with Gasteiger partial charge in [-0.2, -0.15) is 5.26 Å². The van der Waals surface area contributed by atoms with Crippen LogP contribution < -0.4 is 10.2 Å². The molecular formula is C16H18N4.